The van der Waals surface area contributed by atoms with E-state index >= 15 is 0 Å². The highest BCUT2D eigenvalue weighted by molar-refractivity contribution is 9.10. The van der Waals surface area contributed by atoms with E-state index in [4.69, 9.17) is 7.85 Å². The van der Waals surface area contributed by atoms with E-state index in [0.29, 0.717) is 22.3 Å². The van der Waals surface area contributed by atoms with Crippen LogP contribution >= 0.6 is 15.9 Å². The predicted molar refractivity (Wildman–Crippen MR) is 67.5 cm³/mol. The number of nitrogens with zero attached hydrogens (tertiary/aromatic N) is 5. The molecule has 0 saturated carbocycles. The van der Waals surface area contributed by atoms with Crippen LogP contribution in [0.25, 0.3) is 16.9 Å². The van der Waals surface area contributed by atoms with Gasteiger partial charge in [-0.3, -0.25) is 4.98 Å². The van der Waals surface area contributed by atoms with Crippen LogP contribution in [0.1, 0.15) is 0 Å². The topological polar surface area (TPSA) is 56.5 Å². The Morgan fingerprint density at radius 2 is 1.94 bits per heavy atom. The van der Waals surface area contributed by atoms with E-state index in [2.05, 4.69) is 36.1 Å². The fourth-order valence-corrected chi connectivity index (χ4v) is 1.88. The highest BCUT2D eigenvalue weighted by atomic mass is 79.9. The Hall–Kier alpha value is -1.76. The Morgan fingerprint density at radius 3 is 2.65 bits per heavy atom. The Bertz CT molecular complexity index is 643. The molecule has 0 spiro atoms. The minimum atomic E-state index is 0.551. The van der Waals surface area contributed by atoms with Gasteiger partial charge in [-0.2, -0.15) is 0 Å². The van der Waals surface area contributed by atoms with Gasteiger partial charge in [0.15, 0.2) is 5.82 Å². The number of benzene rings is 1. The third-order valence-electron chi connectivity index (χ3n) is 2.28. The SMILES string of the molecule is [B]c1ccc(Br)c2nn(-c3cnccn3)nc12. The summed E-state index contributed by atoms with van der Waals surface area (Å²) < 4.78 is 0.844. The standard InChI is InChI=1S/C10H5BBrN5/c11-6-1-2-7(12)10-9(6)15-17(16-10)8-5-13-3-4-14-8/h1-5H. The lowest BCUT2D eigenvalue weighted by molar-refractivity contribution is 0.736. The fraction of sp³-hybridized carbons (Fsp3) is 0. The van der Waals surface area contributed by atoms with Crippen molar-refractivity contribution in [1.29, 1.82) is 0 Å². The van der Waals surface area contributed by atoms with Gasteiger partial charge in [0.1, 0.15) is 18.9 Å². The van der Waals surface area contributed by atoms with E-state index in [-0.39, 0.29) is 0 Å². The zero-order chi connectivity index (χ0) is 11.8. The minimum absolute atomic E-state index is 0.551. The summed E-state index contributed by atoms with van der Waals surface area (Å²) >= 11 is 3.41. The molecule has 0 saturated heterocycles. The van der Waals surface area contributed by atoms with Gasteiger partial charge in [-0.05, 0) is 22.0 Å². The molecule has 80 valence electrons. The van der Waals surface area contributed by atoms with Crippen molar-refractivity contribution in [3.05, 3.63) is 35.2 Å². The highest BCUT2D eigenvalue weighted by Gasteiger charge is 2.10. The van der Waals surface area contributed by atoms with Gasteiger partial charge in [0.25, 0.3) is 0 Å². The summed E-state index contributed by atoms with van der Waals surface area (Å²) in [6, 6.07) is 3.62. The summed E-state index contributed by atoms with van der Waals surface area (Å²) in [4.78, 5) is 9.51. The van der Waals surface area contributed by atoms with Gasteiger partial charge >= 0.3 is 0 Å². The normalized spacial score (nSPS) is 10.9. The third-order valence-corrected chi connectivity index (χ3v) is 2.92. The van der Waals surface area contributed by atoms with Crippen molar-refractivity contribution in [3.8, 4) is 5.82 Å². The summed E-state index contributed by atoms with van der Waals surface area (Å²) in [5, 5.41) is 8.61. The van der Waals surface area contributed by atoms with E-state index in [1.807, 2.05) is 6.07 Å². The summed E-state index contributed by atoms with van der Waals surface area (Å²) in [7, 11) is 5.84. The Balaban J connectivity index is 2.27. The molecule has 0 atom stereocenters. The summed E-state index contributed by atoms with van der Waals surface area (Å²) in [5.74, 6) is 0.551. The first-order valence-corrected chi connectivity index (χ1v) is 5.62. The number of halogens is 1. The summed E-state index contributed by atoms with van der Waals surface area (Å²) in [6.45, 7) is 0. The van der Waals surface area contributed by atoms with E-state index in [0.717, 1.165) is 4.47 Å². The van der Waals surface area contributed by atoms with Crippen molar-refractivity contribution < 1.29 is 0 Å². The van der Waals surface area contributed by atoms with Crippen LogP contribution in [0.3, 0.4) is 0 Å². The molecule has 3 aromatic rings. The third kappa shape index (κ3) is 1.72. The molecule has 0 fully saturated rings. The zero-order valence-corrected chi connectivity index (χ0v) is 10.2. The molecule has 2 aromatic heterocycles. The lowest BCUT2D eigenvalue weighted by Crippen LogP contribution is -2.05. The van der Waals surface area contributed by atoms with E-state index in [9.17, 15) is 0 Å². The fourth-order valence-electron chi connectivity index (χ4n) is 1.48. The average molecular weight is 286 g/mol. The molecule has 0 unspecified atom stereocenters. The predicted octanol–water partition coefficient (Wildman–Crippen LogP) is 0.767. The van der Waals surface area contributed by atoms with Crippen LogP contribution in [-0.2, 0) is 0 Å². The maximum atomic E-state index is 5.84. The van der Waals surface area contributed by atoms with Crippen LogP contribution in [0.4, 0.5) is 0 Å². The summed E-state index contributed by atoms with van der Waals surface area (Å²) in [5.41, 5.74) is 1.93. The molecule has 5 nitrogen and oxygen atoms in total. The van der Waals surface area contributed by atoms with Crippen LogP contribution in [0.15, 0.2) is 35.2 Å². The second-order valence-electron chi connectivity index (χ2n) is 3.39. The van der Waals surface area contributed by atoms with Gasteiger partial charge in [0, 0.05) is 16.9 Å². The van der Waals surface area contributed by atoms with Crippen LogP contribution in [-0.4, -0.2) is 32.8 Å². The smallest absolute Gasteiger partial charge is 0.192 e. The Morgan fingerprint density at radius 1 is 1.12 bits per heavy atom. The first-order valence-electron chi connectivity index (χ1n) is 4.83. The Labute approximate surface area is 106 Å². The molecule has 0 bridgehead atoms. The van der Waals surface area contributed by atoms with Crippen LogP contribution in [0.2, 0.25) is 0 Å². The molecular formula is C10H5BBrN5. The molecule has 3 rings (SSSR count). The second-order valence-corrected chi connectivity index (χ2v) is 4.24. The van der Waals surface area contributed by atoms with Gasteiger partial charge in [-0.25, -0.2) is 4.98 Å². The van der Waals surface area contributed by atoms with Gasteiger partial charge in [-0.15, -0.1) is 15.0 Å². The monoisotopic (exact) mass is 285 g/mol. The van der Waals surface area contributed by atoms with Gasteiger partial charge in [-0.1, -0.05) is 11.5 Å². The number of hydrogen-bond donors (Lipinski definition) is 0. The molecule has 0 N–H and O–H groups in total. The Kier molecular flexibility index (Phi) is 2.40. The minimum Gasteiger partial charge on any atom is -0.259 e. The van der Waals surface area contributed by atoms with Gasteiger partial charge < -0.3 is 0 Å². The quantitative estimate of drug-likeness (QED) is 0.620. The van der Waals surface area contributed by atoms with Crippen molar-refractivity contribution in [2.24, 2.45) is 0 Å². The molecule has 2 radical (unpaired) electrons. The van der Waals surface area contributed by atoms with E-state index in [1.165, 1.54) is 4.80 Å². The number of rotatable bonds is 1. The number of aromatic nitrogens is 5. The lowest BCUT2D eigenvalue weighted by Gasteiger charge is -1.94. The van der Waals surface area contributed by atoms with Crippen LogP contribution < -0.4 is 5.46 Å². The van der Waals surface area contributed by atoms with E-state index < -0.39 is 0 Å². The molecule has 0 aliphatic rings. The first kappa shape index (κ1) is 10.4. The molecule has 17 heavy (non-hydrogen) atoms. The lowest BCUT2D eigenvalue weighted by atomic mass is 9.95. The maximum Gasteiger partial charge on any atom is 0.192 e. The highest BCUT2D eigenvalue weighted by Crippen LogP contribution is 2.19. The van der Waals surface area contributed by atoms with E-state index in [1.54, 1.807) is 24.7 Å². The largest absolute Gasteiger partial charge is 0.259 e. The molecule has 0 aliphatic heterocycles. The van der Waals surface area contributed by atoms with Crippen molar-refractivity contribution in [2.45, 2.75) is 0 Å². The van der Waals surface area contributed by atoms with Crippen molar-refractivity contribution in [3.63, 3.8) is 0 Å². The summed E-state index contributed by atoms with van der Waals surface area (Å²) in [6.07, 6.45) is 4.77. The average Bonchev–Trinajstić information content (AvgIpc) is 2.81. The van der Waals surface area contributed by atoms with Gasteiger partial charge in [0.05, 0.1) is 6.20 Å². The molecular weight excluding hydrogens is 281 g/mol. The molecule has 0 aliphatic carbocycles. The zero-order valence-electron chi connectivity index (χ0n) is 8.58. The second kappa shape index (κ2) is 3.92. The van der Waals surface area contributed by atoms with Crippen LogP contribution in [0, 0.1) is 0 Å². The maximum absolute atomic E-state index is 5.84. The molecule has 7 heteroatoms. The van der Waals surface area contributed by atoms with Crippen molar-refractivity contribution in [2.75, 3.05) is 0 Å². The van der Waals surface area contributed by atoms with Crippen molar-refractivity contribution >= 4 is 40.3 Å². The number of hydrogen-bond acceptors (Lipinski definition) is 4. The van der Waals surface area contributed by atoms with Gasteiger partial charge in [0.2, 0.25) is 0 Å². The first-order chi connectivity index (χ1) is 8.25. The van der Waals surface area contributed by atoms with Crippen LogP contribution in [0.5, 0.6) is 0 Å². The molecule has 1 aromatic carbocycles. The molecule has 0 amide bonds. The molecule has 2 heterocycles. The van der Waals surface area contributed by atoms with Crippen molar-refractivity contribution in [1.82, 2.24) is 25.0 Å². The number of fused-ring (bicyclic) bond motifs is 1.